The molecule has 7 heteroatoms. The first-order valence-corrected chi connectivity index (χ1v) is 9.76. The third-order valence-electron chi connectivity index (χ3n) is 4.21. The van der Waals surface area contributed by atoms with Crippen molar-refractivity contribution in [1.29, 1.82) is 0 Å². The summed E-state index contributed by atoms with van der Waals surface area (Å²) in [5, 5.41) is 7.27. The van der Waals surface area contributed by atoms with Crippen LogP contribution in [0.3, 0.4) is 0 Å². The van der Waals surface area contributed by atoms with E-state index in [4.69, 9.17) is 0 Å². The number of thioether (sulfide) groups is 1. The van der Waals surface area contributed by atoms with Crippen molar-refractivity contribution in [3.05, 3.63) is 48.0 Å². The monoisotopic (exact) mass is 357 g/mol. The Morgan fingerprint density at radius 1 is 1.36 bits per heavy atom. The third kappa shape index (κ3) is 4.42. The van der Waals surface area contributed by atoms with Crippen molar-refractivity contribution in [3.8, 4) is 0 Å². The van der Waals surface area contributed by atoms with Gasteiger partial charge in [-0.2, -0.15) is 16.9 Å². The molecule has 0 saturated carbocycles. The van der Waals surface area contributed by atoms with Crippen LogP contribution < -0.4 is 5.32 Å². The number of H-pyrrole nitrogens is 1. The number of benzene rings is 1. The van der Waals surface area contributed by atoms with Gasteiger partial charge in [-0.05, 0) is 43.0 Å². The minimum absolute atomic E-state index is 0.0350. The van der Waals surface area contributed by atoms with Crippen molar-refractivity contribution in [2.75, 3.05) is 12.0 Å². The highest BCUT2D eigenvalue weighted by molar-refractivity contribution is 7.98. The number of aryl methyl sites for hydroxylation is 2. The number of fused-ring (bicyclic) bond motifs is 1. The molecule has 25 heavy (non-hydrogen) atoms. The van der Waals surface area contributed by atoms with Gasteiger partial charge in [-0.3, -0.25) is 9.48 Å². The van der Waals surface area contributed by atoms with Gasteiger partial charge >= 0.3 is 0 Å². The van der Waals surface area contributed by atoms with E-state index >= 15 is 0 Å². The lowest BCUT2D eigenvalue weighted by atomic mass is 10.2. The van der Waals surface area contributed by atoms with Crippen molar-refractivity contribution in [2.24, 2.45) is 7.05 Å². The number of imidazole rings is 1. The Morgan fingerprint density at radius 2 is 2.20 bits per heavy atom. The molecule has 0 spiro atoms. The highest BCUT2D eigenvalue weighted by atomic mass is 32.2. The van der Waals surface area contributed by atoms with E-state index in [1.54, 1.807) is 22.6 Å². The zero-order valence-corrected chi connectivity index (χ0v) is 15.3. The first-order chi connectivity index (χ1) is 12.2. The van der Waals surface area contributed by atoms with Crippen LogP contribution in [-0.4, -0.2) is 37.7 Å². The first-order valence-electron chi connectivity index (χ1n) is 8.37. The van der Waals surface area contributed by atoms with Crippen LogP contribution in [0.25, 0.3) is 11.0 Å². The molecular formula is C18H23N5OS. The average Bonchev–Trinajstić information content (AvgIpc) is 3.22. The van der Waals surface area contributed by atoms with Gasteiger partial charge in [-0.1, -0.05) is 12.1 Å². The molecule has 0 radical (unpaired) electrons. The maximum absolute atomic E-state index is 12.4. The number of hydrogen-bond acceptors (Lipinski definition) is 4. The van der Waals surface area contributed by atoms with Crippen LogP contribution in [0.2, 0.25) is 0 Å². The lowest BCUT2D eigenvalue weighted by molar-refractivity contribution is -0.121. The summed E-state index contributed by atoms with van der Waals surface area (Å²) in [5.74, 6) is 1.82. The molecule has 1 amide bonds. The Bertz CT molecular complexity index is 808. The van der Waals surface area contributed by atoms with Gasteiger partial charge in [0, 0.05) is 25.4 Å². The first kappa shape index (κ1) is 17.5. The summed E-state index contributed by atoms with van der Waals surface area (Å²) in [6.07, 6.45) is 5.79. The number of carbonyl (C=O) groups excluding carboxylic acids is 1. The number of aromatic nitrogens is 4. The average molecular weight is 357 g/mol. The summed E-state index contributed by atoms with van der Waals surface area (Å²) >= 11 is 1.77. The molecule has 0 bridgehead atoms. The van der Waals surface area contributed by atoms with Crippen LogP contribution in [0, 0.1) is 0 Å². The summed E-state index contributed by atoms with van der Waals surface area (Å²) in [4.78, 5) is 20.4. The number of hydrogen-bond donors (Lipinski definition) is 2. The molecule has 3 aromatic rings. The van der Waals surface area contributed by atoms with Crippen LogP contribution in [0.5, 0.6) is 0 Å². The van der Waals surface area contributed by atoms with Gasteiger partial charge in [0.1, 0.15) is 5.82 Å². The number of nitrogens with one attached hydrogen (secondary N) is 2. The second kappa shape index (κ2) is 8.20. The molecule has 2 heterocycles. The summed E-state index contributed by atoms with van der Waals surface area (Å²) in [7, 11) is 1.89. The molecule has 0 aliphatic heterocycles. The Kier molecular flexibility index (Phi) is 5.75. The second-order valence-electron chi connectivity index (χ2n) is 5.99. The lowest BCUT2D eigenvalue weighted by Gasteiger charge is -2.16. The molecule has 1 atom stereocenters. The second-order valence-corrected chi connectivity index (χ2v) is 6.97. The van der Waals surface area contributed by atoms with Crippen molar-refractivity contribution in [1.82, 2.24) is 25.1 Å². The highest BCUT2D eigenvalue weighted by Crippen LogP contribution is 2.20. The highest BCUT2D eigenvalue weighted by Gasteiger charge is 2.18. The van der Waals surface area contributed by atoms with E-state index in [0.29, 0.717) is 12.8 Å². The van der Waals surface area contributed by atoms with Crippen LogP contribution in [-0.2, 0) is 18.3 Å². The predicted molar refractivity (Wildman–Crippen MR) is 102 cm³/mol. The molecule has 132 valence electrons. The number of amides is 1. The molecule has 6 nitrogen and oxygen atoms in total. The van der Waals surface area contributed by atoms with E-state index in [1.165, 1.54) is 0 Å². The summed E-state index contributed by atoms with van der Waals surface area (Å²) in [6.45, 7) is 0. The topological polar surface area (TPSA) is 75.6 Å². The fourth-order valence-electron chi connectivity index (χ4n) is 2.81. The Labute approximate surface area is 151 Å². The lowest BCUT2D eigenvalue weighted by Crippen LogP contribution is -2.30. The number of carbonyl (C=O) groups is 1. The third-order valence-corrected chi connectivity index (χ3v) is 4.86. The van der Waals surface area contributed by atoms with Crippen LogP contribution in [0.4, 0.5) is 0 Å². The van der Waals surface area contributed by atoms with Crippen LogP contribution in [0.1, 0.15) is 30.4 Å². The molecule has 0 saturated heterocycles. The Balaban J connectivity index is 1.67. The minimum Gasteiger partial charge on any atom is -0.346 e. The smallest absolute Gasteiger partial charge is 0.220 e. The van der Waals surface area contributed by atoms with E-state index in [1.807, 2.05) is 37.4 Å². The van der Waals surface area contributed by atoms with Crippen molar-refractivity contribution < 1.29 is 4.79 Å². The van der Waals surface area contributed by atoms with E-state index < -0.39 is 0 Å². The fourth-order valence-corrected chi connectivity index (χ4v) is 3.28. The van der Waals surface area contributed by atoms with Gasteiger partial charge in [0.05, 0.1) is 17.1 Å². The SMILES string of the molecule is CSCCC(NC(=O)CCc1ccnn1C)c1nc2ccccc2[nH]1. The maximum atomic E-state index is 12.4. The molecule has 2 N–H and O–H groups in total. The summed E-state index contributed by atoms with van der Waals surface area (Å²) < 4.78 is 1.80. The molecule has 1 unspecified atom stereocenters. The van der Waals surface area contributed by atoms with E-state index in [0.717, 1.165) is 34.7 Å². The molecule has 2 aromatic heterocycles. The zero-order valence-electron chi connectivity index (χ0n) is 14.5. The number of nitrogens with zero attached hydrogens (tertiary/aromatic N) is 3. The van der Waals surface area contributed by atoms with Crippen molar-refractivity contribution >= 4 is 28.7 Å². The zero-order chi connectivity index (χ0) is 17.6. The molecule has 0 aliphatic rings. The molecular weight excluding hydrogens is 334 g/mol. The number of aromatic amines is 1. The Hall–Kier alpha value is -2.28. The van der Waals surface area contributed by atoms with Gasteiger partial charge in [-0.25, -0.2) is 4.98 Å². The summed E-state index contributed by atoms with van der Waals surface area (Å²) in [6, 6.07) is 9.77. The number of para-hydroxylation sites is 2. The van der Waals surface area contributed by atoms with Gasteiger partial charge in [0.25, 0.3) is 0 Å². The van der Waals surface area contributed by atoms with Crippen molar-refractivity contribution in [2.45, 2.75) is 25.3 Å². The fraction of sp³-hybridized carbons (Fsp3) is 0.389. The van der Waals surface area contributed by atoms with Crippen LogP contribution >= 0.6 is 11.8 Å². The quantitative estimate of drug-likeness (QED) is 0.650. The van der Waals surface area contributed by atoms with Crippen LogP contribution in [0.15, 0.2) is 36.5 Å². The summed E-state index contributed by atoms with van der Waals surface area (Å²) in [5.41, 5.74) is 2.98. The van der Waals surface area contributed by atoms with Crippen molar-refractivity contribution in [3.63, 3.8) is 0 Å². The van der Waals surface area contributed by atoms with E-state index in [9.17, 15) is 4.79 Å². The van der Waals surface area contributed by atoms with Gasteiger partial charge < -0.3 is 10.3 Å². The standard InChI is InChI=1S/C18H23N5OS/c1-23-13(9-11-19-23)7-8-17(24)20-16(10-12-25-2)18-21-14-5-3-4-6-15(14)22-18/h3-6,9,11,16H,7-8,10,12H2,1-2H3,(H,20,24)(H,21,22). The molecule has 0 fully saturated rings. The van der Waals surface area contributed by atoms with Gasteiger partial charge in [-0.15, -0.1) is 0 Å². The largest absolute Gasteiger partial charge is 0.346 e. The minimum atomic E-state index is -0.0983. The number of rotatable bonds is 8. The predicted octanol–water partition coefficient (Wildman–Crippen LogP) is 2.84. The normalized spacial score (nSPS) is 12.4. The maximum Gasteiger partial charge on any atom is 0.220 e. The van der Waals surface area contributed by atoms with Gasteiger partial charge in [0.15, 0.2) is 0 Å². The molecule has 1 aromatic carbocycles. The van der Waals surface area contributed by atoms with E-state index in [-0.39, 0.29) is 11.9 Å². The van der Waals surface area contributed by atoms with Gasteiger partial charge in [0.2, 0.25) is 5.91 Å². The van der Waals surface area contributed by atoms with E-state index in [2.05, 4.69) is 26.6 Å². The Morgan fingerprint density at radius 3 is 2.92 bits per heavy atom. The molecule has 0 aliphatic carbocycles. The molecule has 3 rings (SSSR count).